The highest BCUT2D eigenvalue weighted by Gasteiger charge is 2.14. The lowest BCUT2D eigenvalue weighted by atomic mass is 10.1. The largest absolute Gasteiger partial charge is 0.497 e. The third-order valence-corrected chi connectivity index (χ3v) is 3.77. The van der Waals surface area contributed by atoms with E-state index < -0.39 is 0 Å². The Hall–Kier alpha value is -2.00. The molecule has 0 aliphatic rings. The first-order chi connectivity index (χ1) is 10.3. The SMILES string of the molecule is CCN(CC(NC)c1ccc(OC)cc1)c1ccccc1. The molecule has 0 spiro atoms. The number of ether oxygens (including phenoxy) is 1. The lowest BCUT2D eigenvalue weighted by molar-refractivity contribution is 0.414. The van der Waals surface area contributed by atoms with Crippen molar-refractivity contribution in [1.29, 1.82) is 0 Å². The molecule has 2 aromatic carbocycles. The number of likely N-dealkylation sites (N-methyl/N-ethyl adjacent to an activating group) is 2. The predicted octanol–water partition coefficient (Wildman–Crippen LogP) is 3.48. The Morgan fingerprint density at radius 3 is 2.24 bits per heavy atom. The molecular formula is C18H24N2O. The van der Waals surface area contributed by atoms with Gasteiger partial charge in [-0.15, -0.1) is 0 Å². The molecule has 0 amide bonds. The predicted molar refractivity (Wildman–Crippen MR) is 89.1 cm³/mol. The van der Waals surface area contributed by atoms with Crippen LogP contribution in [0.15, 0.2) is 54.6 Å². The van der Waals surface area contributed by atoms with Gasteiger partial charge in [0.25, 0.3) is 0 Å². The van der Waals surface area contributed by atoms with Gasteiger partial charge in [0.1, 0.15) is 5.75 Å². The maximum Gasteiger partial charge on any atom is 0.118 e. The summed E-state index contributed by atoms with van der Waals surface area (Å²) in [5, 5.41) is 3.41. The van der Waals surface area contributed by atoms with Crippen LogP contribution in [0.5, 0.6) is 5.75 Å². The minimum absolute atomic E-state index is 0.288. The van der Waals surface area contributed by atoms with E-state index in [1.165, 1.54) is 11.3 Å². The first-order valence-corrected chi connectivity index (χ1v) is 7.39. The highest BCUT2D eigenvalue weighted by atomic mass is 16.5. The first-order valence-electron chi connectivity index (χ1n) is 7.39. The average molecular weight is 284 g/mol. The number of hydrogen-bond donors (Lipinski definition) is 1. The van der Waals surface area contributed by atoms with Crippen LogP contribution in [-0.4, -0.2) is 27.2 Å². The van der Waals surface area contributed by atoms with Crippen molar-refractivity contribution >= 4 is 5.69 Å². The van der Waals surface area contributed by atoms with Crippen LogP contribution in [0.25, 0.3) is 0 Å². The molecule has 0 saturated carbocycles. The van der Waals surface area contributed by atoms with Crippen LogP contribution in [-0.2, 0) is 0 Å². The topological polar surface area (TPSA) is 24.5 Å². The van der Waals surface area contributed by atoms with Crippen LogP contribution in [0.2, 0.25) is 0 Å². The lowest BCUT2D eigenvalue weighted by Crippen LogP contribution is -2.33. The fourth-order valence-electron chi connectivity index (χ4n) is 2.48. The van der Waals surface area contributed by atoms with E-state index in [1.807, 2.05) is 19.2 Å². The molecule has 0 heterocycles. The summed E-state index contributed by atoms with van der Waals surface area (Å²) in [5.74, 6) is 0.893. The Morgan fingerprint density at radius 2 is 1.71 bits per heavy atom. The summed E-state index contributed by atoms with van der Waals surface area (Å²) in [6.07, 6.45) is 0. The lowest BCUT2D eigenvalue weighted by Gasteiger charge is -2.28. The van der Waals surface area contributed by atoms with Crippen LogP contribution >= 0.6 is 0 Å². The number of methoxy groups -OCH3 is 1. The number of anilines is 1. The van der Waals surface area contributed by atoms with Crippen LogP contribution in [0, 0.1) is 0 Å². The fourth-order valence-corrected chi connectivity index (χ4v) is 2.48. The minimum Gasteiger partial charge on any atom is -0.497 e. The molecule has 0 aliphatic heterocycles. The standard InChI is InChI=1S/C18H24N2O/c1-4-20(16-8-6-5-7-9-16)14-18(19-2)15-10-12-17(21-3)13-11-15/h5-13,18-19H,4,14H2,1-3H3. The average Bonchev–Trinajstić information content (AvgIpc) is 2.57. The molecule has 0 radical (unpaired) electrons. The highest BCUT2D eigenvalue weighted by molar-refractivity contribution is 5.46. The summed E-state index contributed by atoms with van der Waals surface area (Å²) >= 11 is 0. The van der Waals surface area contributed by atoms with Gasteiger partial charge in [0, 0.05) is 24.8 Å². The summed E-state index contributed by atoms with van der Waals surface area (Å²) in [5.41, 5.74) is 2.53. The molecule has 112 valence electrons. The van der Waals surface area contributed by atoms with Gasteiger partial charge in [0.15, 0.2) is 0 Å². The Bertz CT molecular complexity index is 525. The van der Waals surface area contributed by atoms with Gasteiger partial charge < -0.3 is 15.0 Å². The molecule has 1 unspecified atom stereocenters. The third kappa shape index (κ3) is 3.99. The fraction of sp³-hybridized carbons (Fsp3) is 0.333. The van der Waals surface area contributed by atoms with Gasteiger partial charge >= 0.3 is 0 Å². The molecule has 2 rings (SSSR count). The van der Waals surface area contributed by atoms with E-state index in [1.54, 1.807) is 7.11 Å². The van der Waals surface area contributed by atoms with E-state index in [9.17, 15) is 0 Å². The summed E-state index contributed by atoms with van der Waals surface area (Å²) < 4.78 is 5.22. The van der Waals surface area contributed by atoms with Crippen molar-refractivity contribution < 1.29 is 4.74 Å². The van der Waals surface area contributed by atoms with Crippen molar-refractivity contribution in [2.45, 2.75) is 13.0 Å². The third-order valence-electron chi connectivity index (χ3n) is 3.77. The van der Waals surface area contributed by atoms with Crippen molar-refractivity contribution in [3.63, 3.8) is 0 Å². The Balaban J connectivity index is 2.13. The normalized spacial score (nSPS) is 12.0. The van der Waals surface area contributed by atoms with Gasteiger partial charge in [0.2, 0.25) is 0 Å². The van der Waals surface area contributed by atoms with Crippen molar-refractivity contribution in [3.8, 4) is 5.75 Å². The maximum absolute atomic E-state index is 5.22. The second-order valence-corrected chi connectivity index (χ2v) is 4.99. The molecule has 21 heavy (non-hydrogen) atoms. The van der Waals surface area contributed by atoms with Crippen molar-refractivity contribution in [2.24, 2.45) is 0 Å². The molecule has 0 fully saturated rings. The molecule has 3 nitrogen and oxygen atoms in total. The zero-order valence-electron chi connectivity index (χ0n) is 13.0. The van der Waals surface area contributed by atoms with Crippen molar-refractivity contribution in [3.05, 3.63) is 60.2 Å². The Labute approximate surface area is 127 Å². The summed E-state index contributed by atoms with van der Waals surface area (Å²) in [6.45, 7) is 4.11. The van der Waals surface area contributed by atoms with E-state index in [2.05, 4.69) is 59.6 Å². The molecular weight excluding hydrogens is 260 g/mol. The van der Waals surface area contributed by atoms with Crippen LogP contribution in [0.4, 0.5) is 5.69 Å². The number of rotatable bonds is 7. The Morgan fingerprint density at radius 1 is 1.05 bits per heavy atom. The summed E-state index contributed by atoms with van der Waals surface area (Å²) in [6, 6.07) is 19.1. The van der Waals surface area contributed by atoms with Crippen LogP contribution < -0.4 is 15.0 Å². The molecule has 2 aromatic rings. The molecule has 3 heteroatoms. The molecule has 1 atom stereocenters. The molecule has 0 aliphatic carbocycles. The van der Waals surface area contributed by atoms with E-state index in [-0.39, 0.29) is 6.04 Å². The van der Waals surface area contributed by atoms with E-state index in [4.69, 9.17) is 4.74 Å². The summed E-state index contributed by atoms with van der Waals surface area (Å²) in [4.78, 5) is 2.38. The maximum atomic E-state index is 5.22. The van der Waals surface area contributed by atoms with Gasteiger partial charge in [-0.2, -0.15) is 0 Å². The smallest absolute Gasteiger partial charge is 0.118 e. The second-order valence-electron chi connectivity index (χ2n) is 4.99. The minimum atomic E-state index is 0.288. The van der Waals surface area contributed by atoms with E-state index >= 15 is 0 Å². The van der Waals surface area contributed by atoms with Crippen LogP contribution in [0.1, 0.15) is 18.5 Å². The monoisotopic (exact) mass is 284 g/mol. The zero-order chi connectivity index (χ0) is 15.1. The molecule has 0 aromatic heterocycles. The number of hydrogen-bond acceptors (Lipinski definition) is 3. The number of para-hydroxylation sites is 1. The quantitative estimate of drug-likeness (QED) is 0.842. The van der Waals surface area contributed by atoms with E-state index in [0.29, 0.717) is 0 Å². The molecule has 0 saturated heterocycles. The number of benzene rings is 2. The summed E-state index contributed by atoms with van der Waals surface area (Å²) in [7, 11) is 3.70. The van der Waals surface area contributed by atoms with Crippen LogP contribution in [0.3, 0.4) is 0 Å². The van der Waals surface area contributed by atoms with Gasteiger partial charge in [-0.25, -0.2) is 0 Å². The second kappa shape index (κ2) is 7.70. The zero-order valence-corrected chi connectivity index (χ0v) is 13.0. The number of nitrogens with zero attached hydrogens (tertiary/aromatic N) is 1. The Kier molecular flexibility index (Phi) is 5.64. The van der Waals surface area contributed by atoms with Gasteiger partial charge in [-0.1, -0.05) is 30.3 Å². The van der Waals surface area contributed by atoms with Gasteiger partial charge in [0.05, 0.1) is 7.11 Å². The highest BCUT2D eigenvalue weighted by Crippen LogP contribution is 2.21. The van der Waals surface area contributed by atoms with Gasteiger partial charge in [-0.3, -0.25) is 0 Å². The first kappa shape index (κ1) is 15.4. The molecule has 0 bridgehead atoms. The van der Waals surface area contributed by atoms with E-state index in [0.717, 1.165) is 18.8 Å². The van der Waals surface area contributed by atoms with Crippen molar-refractivity contribution in [2.75, 3.05) is 32.1 Å². The van der Waals surface area contributed by atoms with Crippen molar-refractivity contribution in [1.82, 2.24) is 5.32 Å². The molecule has 1 N–H and O–H groups in total. The number of nitrogens with one attached hydrogen (secondary N) is 1. The van der Waals surface area contributed by atoms with Gasteiger partial charge in [-0.05, 0) is 43.8 Å².